The second kappa shape index (κ2) is 11.0. The SMILES string of the molecule is CCc1ccc(N(CC(=O)N(Cc2ccccc2C)C(C)C(=O)NC(C)(C)C)S(C)(=O)=O)cc1. The molecule has 0 aromatic heterocycles. The van der Waals surface area contributed by atoms with E-state index in [0.29, 0.717) is 5.69 Å². The first-order chi connectivity index (χ1) is 15.7. The maximum atomic E-state index is 13.6. The van der Waals surface area contributed by atoms with Gasteiger partial charge in [-0.05, 0) is 69.9 Å². The van der Waals surface area contributed by atoms with Gasteiger partial charge >= 0.3 is 0 Å². The Morgan fingerprint density at radius 2 is 1.62 bits per heavy atom. The molecule has 8 heteroatoms. The van der Waals surface area contributed by atoms with Crippen LogP contribution >= 0.6 is 0 Å². The molecule has 34 heavy (non-hydrogen) atoms. The number of nitrogens with one attached hydrogen (secondary N) is 1. The molecule has 0 bridgehead atoms. The van der Waals surface area contributed by atoms with Gasteiger partial charge in [-0.25, -0.2) is 8.42 Å². The smallest absolute Gasteiger partial charge is 0.244 e. The Labute approximate surface area is 204 Å². The summed E-state index contributed by atoms with van der Waals surface area (Å²) in [6, 6.07) is 13.9. The van der Waals surface area contributed by atoms with Gasteiger partial charge in [-0.2, -0.15) is 0 Å². The first-order valence-electron chi connectivity index (χ1n) is 11.5. The Kier molecular flexibility index (Phi) is 8.89. The third-order valence-electron chi connectivity index (χ3n) is 5.58. The van der Waals surface area contributed by atoms with Gasteiger partial charge in [0.1, 0.15) is 12.6 Å². The van der Waals surface area contributed by atoms with Crippen LogP contribution in [0.15, 0.2) is 48.5 Å². The van der Waals surface area contributed by atoms with E-state index in [-0.39, 0.29) is 12.5 Å². The van der Waals surface area contributed by atoms with Crippen molar-refractivity contribution in [2.75, 3.05) is 17.1 Å². The number of aryl methyl sites for hydroxylation is 2. The third-order valence-corrected chi connectivity index (χ3v) is 6.72. The number of rotatable bonds is 9. The molecule has 0 aliphatic rings. The summed E-state index contributed by atoms with van der Waals surface area (Å²) in [6.07, 6.45) is 1.90. The predicted octanol–water partition coefficient (Wildman–Crippen LogP) is 3.66. The van der Waals surface area contributed by atoms with Crippen molar-refractivity contribution in [1.29, 1.82) is 0 Å². The lowest BCUT2D eigenvalue weighted by atomic mass is 10.1. The van der Waals surface area contributed by atoms with E-state index in [1.165, 1.54) is 4.90 Å². The lowest BCUT2D eigenvalue weighted by Gasteiger charge is -2.33. The largest absolute Gasteiger partial charge is 0.350 e. The molecule has 2 aromatic rings. The van der Waals surface area contributed by atoms with E-state index in [9.17, 15) is 18.0 Å². The number of amides is 2. The highest BCUT2D eigenvalue weighted by molar-refractivity contribution is 7.92. The number of sulfonamides is 1. The molecule has 1 N–H and O–H groups in total. The molecule has 0 aliphatic carbocycles. The van der Waals surface area contributed by atoms with Crippen LogP contribution in [0.3, 0.4) is 0 Å². The summed E-state index contributed by atoms with van der Waals surface area (Å²) in [5.41, 5.74) is 2.89. The highest BCUT2D eigenvalue weighted by Gasteiger charge is 2.31. The van der Waals surface area contributed by atoms with Crippen molar-refractivity contribution in [2.45, 2.75) is 66.1 Å². The Hall–Kier alpha value is -2.87. The molecular formula is C26H37N3O4S. The summed E-state index contributed by atoms with van der Waals surface area (Å²) >= 11 is 0. The van der Waals surface area contributed by atoms with E-state index in [1.54, 1.807) is 19.1 Å². The molecule has 186 valence electrons. The molecule has 0 spiro atoms. The van der Waals surface area contributed by atoms with Crippen LogP contribution in [-0.4, -0.2) is 49.5 Å². The average Bonchev–Trinajstić information content (AvgIpc) is 2.74. The van der Waals surface area contributed by atoms with Crippen LogP contribution in [0, 0.1) is 6.92 Å². The van der Waals surface area contributed by atoms with Gasteiger partial charge in [-0.15, -0.1) is 0 Å². The van der Waals surface area contributed by atoms with Crippen LogP contribution in [0.25, 0.3) is 0 Å². The second-order valence-corrected chi connectivity index (χ2v) is 11.6. The lowest BCUT2D eigenvalue weighted by molar-refractivity contribution is -0.140. The second-order valence-electron chi connectivity index (χ2n) is 9.65. The van der Waals surface area contributed by atoms with Crippen molar-refractivity contribution in [3.8, 4) is 0 Å². The lowest BCUT2D eigenvalue weighted by Crippen LogP contribution is -2.54. The van der Waals surface area contributed by atoms with Gasteiger partial charge in [0.15, 0.2) is 0 Å². The van der Waals surface area contributed by atoms with E-state index >= 15 is 0 Å². The Morgan fingerprint density at radius 1 is 1.03 bits per heavy atom. The fourth-order valence-corrected chi connectivity index (χ4v) is 4.39. The summed E-state index contributed by atoms with van der Waals surface area (Å²) in [6.45, 7) is 11.0. The van der Waals surface area contributed by atoms with Crippen molar-refractivity contribution in [3.63, 3.8) is 0 Å². The number of anilines is 1. The van der Waals surface area contributed by atoms with Crippen molar-refractivity contribution >= 4 is 27.5 Å². The molecule has 2 amide bonds. The molecule has 0 fully saturated rings. The molecule has 0 heterocycles. The summed E-state index contributed by atoms with van der Waals surface area (Å²) in [7, 11) is -3.74. The highest BCUT2D eigenvalue weighted by Crippen LogP contribution is 2.21. The molecule has 0 aliphatic heterocycles. The number of carbonyl (C=O) groups is 2. The van der Waals surface area contributed by atoms with Gasteiger partial charge in [0.25, 0.3) is 0 Å². The summed E-state index contributed by atoms with van der Waals surface area (Å²) in [5, 5.41) is 2.92. The third kappa shape index (κ3) is 7.58. The van der Waals surface area contributed by atoms with E-state index in [4.69, 9.17) is 0 Å². The van der Waals surface area contributed by atoms with Gasteiger partial charge in [0, 0.05) is 12.1 Å². The highest BCUT2D eigenvalue weighted by atomic mass is 32.2. The zero-order chi connectivity index (χ0) is 25.7. The minimum absolute atomic E-state index is 0.191. The fourth-order valence-electron chi connectivity index (χ4n) is 3.54. The van der Waals surface area contributed by atoms with Crippen LogP contribution in [-0.2, 0) is 32.6 Å². The van der Waals surface area contributed by atoms with Crippen molar-refractivity contribution < 1.29 is 18.0 Å². The van der Waals surface area contributed by atoms with Gasteiger partial charge in [-0.3, -0.25) is 13.9 Å². The number of benzene rings is 2. The summed E-state index contributed by atoms with van der Waals surface area (Å²) in [4.78, 5) is 28.0. The first kappa shape index (κ1) is 27.4. The molecule has 1 unspecified atom stereocenters. The monoisotopic (exact) mass is 487 g/mol. The van der Waals surface area contributed by atoms with Crippen LogP contribution in [0.5, 0.6) is 0 Å². The maximum absolute atomic E-state index is 13.6. The first-order valence-corrected chi connectivity index (χ1v) is 13.3. The van der Waals surface area contributed by atoms with Crippen LogP contribution in [0.1, 0.15) is 51.3 Å². The number of hydrogen-bond donors (Lipinski definition) is 1. The van der Waals surface area contributed by atoms with E-state index < -0.39 is 34.1 Å². The standard InChI is InChI=1S/C26H37N3O4S/c1-8-21-13-15-23(16-14-21)29(34(7,32)33)18-24(30)28(17-22-12-10-9-11-19(22)2)20(3)25(31)27-26(4,5)6/h9-16,20H,8,17-18H2,1-7H3,(H,27,31). The van der Waals surface area contributed by atoms with Crippen molar-refractivity contribution in [3.05, 3.63) is 65.2 Å². The normalized spacial score (nSPS) is 12.7. The topological polar surface area (TPSA) is 86.8 Å². The molecule has 0 saturated heterocycles. The Balaban J connectivity index is 2.41. The number of nitrogens with zero attached hydrogens (tertiary/aromatic N) is 2. The zero-order valence-corrected chi connectivity index (χ0v) is 22.1. The fraction of sp³-hybridized carbons (Fsp3) is 0.462. The maximum Gasteiger partial charge on any atom is 0.244 e. The van der Waals surface area contributed by atoms with Crippen molar-refractivity contribution in [2.24, 2.45) is 0 Å². The van der Waals surface area contributed by atoms with Gasteiger partial charge in [0.05, 0.1) is 11.9 Å². The summed E-state index contributed by atoms with van der Waals surface area (Å²) < 4.78 is 26.3. The minimum atomic E-state index is -3.74. The average molecular weight is 488 g/mol. The molecule has 0 saturated carbocycles. The zero-order valence-electron chi connectivity index (χ0n) is 21.3. The van der Waals surface area contributed by atoms with E-state index in [1.807, 2.05) is 71.0 Å². The molecule has 2 rings (SSSR count). The Morgan fingerprint density at radius 3 is 2.12 bits per heavy atom. The van der Waals surface area contributed by atoms with E-state index in [2.05, 4.69) is 5.32 Å². The Bertz CT molecular complexity index is 1110. The minimum Gasteiger partial charge on any atom is -0.350 e. The quantitative estimate of drug-likeness (QED) is 0.585. The van der Waals surface area contributed by atoms with E-state index in [0.717, 1.165) is 33.7 Å². The number of hydrogen-bond acceptors (Lipinski definition) is 4. The van der Waals surface area contributed by atoms with Crippen LogP contribution < -0.4 is 9.62 Å². The van der Waals surface area contributed by atoms with Gasteiger partial charge in [0.2, 0.25) is 21.8 Å². The molecular weight excluding hydrogens is 450 g/mol. The van der Waals surface area contributed by atoms with Crippen LogP contribution in [0.2, 0.25) is 0 Å². The number of carbonyl (C=O) groups excluding carboxylic acids is 2. The molecule has 2 aromatic carbocycles. The van der Waals surface area contributed by atoms with Gasteiger partial charge < -0.3 is 10.2 Å². The predicted molar refractivity (Wildman–Crippen MR) is 137 cm³/mol. The van der Waals surface area contributed by atoms with Crippen molar-refractivity contribution in [1.82, 2.24) is 10.2 Å². The van der Waals surface area contributed by atoms with Gasteiger partial charge in [-0.1, -0.05) is 43.3 Å². The molecule has 0 radical (unpaired) electrons. The molecule has 7 nitrogen and oxygen atoms in total. The molecule has 1 atom stereocenters. The van der Waals surface area contributed by atoms with Crippen LogP contribution in [0.4, 0.5) is 5.69 Å². The summed E-state index contributed by atoms with van der Waals surface area (Å²) in [5.74, 6) is -0.752.